The first-order chi connectivity index (χ1) is 9.51. The number of likely N-dealkylation sites (N-methyl/N-ethyl adjacent to an activating group) is 1. The minimum Gasteiger partial charge on any atom is -0.313 e. The first kappa shape index (κ1) is 15.5. The van der Waals surface area contributed by atoms with Crippen molar-refractivity contribution >= 4 is 27.5 Å². The zero-order chi connectivity index (χ0) is 14.7. The van der Waals surface area contributed by atoms with E-state index in [2.05, 4.69) is 21.2 Å². The van der Waals surface area contributed by atoms with Gasteiger partial charge in [0.25, 0.3) is 0 Å². The summed E-state index contributed by atoms with van der Waals surface area (Å²) in [6, 6.07) is 10.8. The van der Waals surface area contributed by atoms with E-state index in [9.17, 15) is 4.39 Å². The lowest BCUT2D eigenvalue weighted by atomic mass is 9.98. The van der Waals surface area contributed by atoms with Crippen molar-refractivity contribution < 1.29 is 4.39 Å². The molecule has 0 bridgehead atoms. The van der Waals surface area contributed by atoms with Crippen molar-refractivity contribution in [1.29, 1.82) is 0 Å². The lowest BCUT2D eigenvalue weighted by Gasteiger charge is -2.18. The summed E-state index contributed by atoms with van der Waals surface area (Å²) in [5.41, 5.74) is 2.77. The van der Waals surface area contributed by atoms with Crippen molar-refractivity contribution in [2.24, 2.45) is 0 Å². The molecule has 20 heavy (non-hydrogen) atoms. The van der Waals surface area contributed by atoms with E-state index >= 15 is 0 Å². The predicted octanol–water partition coefficient (Wildman–Crippen LogP) is 5.05. The molecule has 2 aromatic rings. The smallest absolute Gasteiger partial charge is 0.128 e. The molecule has 0 radical (unpaired) electrons. The van der Waals surface area contributed by atoms with Gasteiger partial charge in [0.15, 0.2) is 0 Å². The topological polar surface area (TPSA) is 12.0 Å². The van der Waals surface area contributed by atoms with Crippen LogP contribution >= 0.6 is 27.5 Å². The molecule has 2 aromatic carbocycles. The van der Waals surface area contributed by atoms with E-state index in [1.54, 1.807) is 12.1 Å². The van der Waals surface area contributed by atoms with Crippen molar-refractivity contribution in [3.8, 4) is 0 Å². The van der Waals surface area contributed by atoms with Crippen LogP contribution in [-0.2, 0) is 6.42 Å². The molecule has 0 aromatic heterocycles. The van der Waals surface area contributed by atoms with E-state index in [1.165, 1.54) is 6.07 Å². The van der Waals surface area contributed by atoms with Gasteiger partial charge in [0.05, 0.1) is 0 Å². The third kappa shape index (κ3) is 3.60. The van der Waals surface area contributed by atoms with Crippen LogP contribution in [0.1, 0.15) is 22.7 Å². The number of aryl methyl sites for hydroxylation is 1. The van der Waals surface area contributed by atoms with Crippen LogP contribution in [-0.4, -0.2) is 7.05 Å². The first-order valence-corrected chi connectivity index (χ1v) is 7.55. The maximum absolute atomic E-state index is 14.0. The summed E-state index contributed by atoms with van der Waals surface area (Å²) < 4.78 is 14.8. The largest absolute Gasteiger partial charge is 0.313 e. The molecule has 0 aliphatic heterocycles. The normalized spacial score (nSPS) is 12.4. The van der Waals surface area contributed by atoms with Gasteiger partial charge in [-0.25, -0.2) is 4.39 Å². The van der Waals surface area contributed by atoms with Crippen LogP contribution in [0, 0.1) is 12.7 Å². The molecule has 4 heteroatoms. The molecule has 0 saturated heterocycles. The molecule has 0 fully saturated rings. The zero-order valence-electron chi connectivity index (χ0n) is 11.4. The summed E-state index contributed by atoms with van der Waals surface area (Å²) in [4.78, 5) is 0. The van der Waals surface area contributed by atoms with Gasteiger partial charge in [-0.1, -0.05) is 39.7 Å². The number of rotatable bonds is 4. The van der Waals surface area contributed by atoms with Crippen LogP contribution in [0.15, 0.2) is 40.9 Å². The summed E-state index contributed by atoms with van der Waals surface area (Å²) in [5.74, 6) is -0.212. The number of benzene rings is 2. The predicted molar refractivity (Wildman–Crippen MR) is 85.8 cm³/mol. The Bertz CT molecular complexity index is 615. The lowest BCUT2D eigenvalue weighted by Crippen LogP contribution is -2.20. The molecule has 1 unspecified atom stereocenters. The average Bonchev–Trinajstić information content (AvgIpc) is 2.41. The van der Waals surface area contributed by atoms with Gasteiger partial charge in [-0.05, 0) is 55.8 Å². The van der Waals surface area contributed by atoms with Crippen molar-refractivity contribution in [1.82, 2.24) is 5.32 Å². The molecule has 0 amide bonds. The fourth-order valence-electron chi connectivity index (χ4n) is 2.19. The second-order valence-corrected chi connectivity index (χ2v) is 6.13. The highest BCUT2D eigenvalue weighted by atomic mass is 79.9. The van der Waals surface area contributed by atoms with Crippen LogP contribution in [0.25, 0.3) is 0 Å². The van der Waals surface area contributed by atoms with E-state index < -0.39 is 0 Å². The number of nitrogens with one attached hydrogen (secondary N) is 1. The summed E-state index contributed by atoms with van der Waals surface area (Å²) in [7, 11) is 1.83. The van der Waals surface area contributed by atoms with E-state index in [4.69, 9.17) is 11.6 Å². The zero-order valence-corrected chi connectivity index (χ0v) is 13.7. The maximum Gasteiger partial charge on any atom is 0.128 e. The number of halogens is 3. The van der Waals surface area contributed by atoms with Gasteiger partial charge in [-0.2, -0.15) is 0 Å². The Morgan fingerprint density at radius 2 is 2.00 bits per heavy atom. The van der Waals surface area contributed by atoms with E-state index in [0.29, 0.717) is 12.0 Å². The second-order valence-electron chi connectivity index (χ2n) is 4.81. The molecule has 0 saturated carbocycles. The van der Waals surface area contributed by atoms with Crippen LogP contribution in [0.5, 0.6) is 0 Å². The minimum absolute atomic E-state index is 0.118. The molecule has 0 aliphatic rings. The average molecular weight is 357 g/mol. The van der Waals surface area contributed by atoms with Crippen LogP contribution in [0.2, 0.25) is 5.02 Å². The Morgan fingerprint density at radius 3 is 2.65 bits per heavy atom. The highest BCUT2D eigenvalue weighted by Gasteiger charge is 2.16. The second kappa shape index (κ2) is 6.70. The Hall–Kier alpha value is -0.900. The van der Waals surface area contributed by atoms with Crippen LogP contribution < -0.4 is 5.32 Å². The summed E-state index contributed by atoms with van der Waals surface area (Å²) in [6.45, 7) is 2.00. The van der Waals surface area contributed by atoms with Gasteiger partial charge in [-0.15, -0.1) is 0 Å². The van der Waals surface area contributed by atoms with Crippen molar-refractivity contribution in [2.75, 3.05) is 7.05 Å². The van der Waals surface area contributed by atoms with Gasteiger partial charge in [0.1, 0.15) is 5.82 Å². The number of hydrogen-bond donors (Lipinski definition) is 1. The molecule has 2 rings (SSSR count). The molecule has 1 N–H and O–H groups in total. The molecule has 0 aliphatic carbocycles. The SMILES string of the molecule is CNC(Cc1ccc(C)cc1Cl)c1cc(Br)ccc1F. The minimum atomic E-state index is -0.212. The van der Waals surface area contributed by atoms with Gasteiger partial charge in [0, 0.05) is 21.1 Å². The van der Waals surface area contributed by atoms with Gasteiger partial charge in [-0.3, -0.25) is 0 Å². The molecule has 106 valence electrons. The van der Waals surface area contributed by atoms with E-state index in [1.807, 2.05) is 32.2 Å². The fraction of sp³-hybridized carbons (Fsp3) is 0.250. The molecule has 0 heterocycles. The van der Waals surface area contributed by atoms with Gasteiger partial charge >= 0.3 is 0 Å². The fourth-order valence-corrected chi connectivity index (χ4v) is 2.88. The summed E-state index contributed by atoms with van der Waals surface area (Å²) >= 11 is 9.64. The van der Waals surface area contributed by atoms with Gasteiger partial charge < -0.3 is 5.32 Å². The highest BCUT2D eigenvalue weighted by molar-refractivity contribution is 9.10. The molecular weight excluding hydrogens is 341 g/mol. The van der Waals surface area contributed by atoms with Gasteiger partial charge in [0.2, 0.25) is 0 Å². The van der Waals surface area contributed by atoms with Crippen molar-refractivity contribution in [3.63, 3.8) is 0 Å². The Morgan fingerprint density at radius 1 is 1.25 bits per heavy atom. The molecule has 0 spiro atoms. The first-order valence-electron chi connectivity index (χ1n) is 6.38. The molecule has 1 nitrogen and oxygen atoms in total. The maximum atomic E-state index is 14.0. The van der Waals surface area contributed by atoms with Crippen LogP contribution in [0.3, 0.4) is 0 Å². The third-order valence-electron chi connectivity index (χ3n) is 3.31. The lowest BCUT2D eigenvalue weighted by molar-refractivity contribution is 0.533. The Kier molecular flexibility index (Phi) is 5.19. The summed E-state index contributed by atoms with van der Waals surface area (Å²) in [5, 5.41) is 3.88. The molecule has 1 atom stereocenters. The standard InChI is InChI=1S/C16H16BrClFN/c1-10-3-4-11(14(18)7-10)8-16(20-2)13-9-12(17)5-6-15(13)19/h3-7,9,16,20H,8H2,1-2H3. The monoisotopic (exact) mass is 355 g/mol. The third-order valence-corrected chi connectivity index (χ3v) is 4.16. The Labute approximate surface area is 132 Å². The quantitative estimate of drug-likeness (QED) is 0.808. The summed E-state index contributed by atoms with van der Waals surface area (Å²) in [6.07, 6.45) is 0.642. The number of hydrogen-bond acceptors (Lipinski definition) is 1. The Balaban J connectivity index is 2.31. The molecular formula is C16H16BrClFN. The highest BCUT2D eigenvalue weighted by Crippen LogP contribution is 2.27. The van der Waals surface area contributed by atoms with E-state index in [0.717, 1.165) is 20.6 Å². The van der Waals surface area contributed by atoms with Crippen LogP contribution in [0.4, 0.5) is 4.39 Å². The van der Waals surface area contributed by atoms with E-state index in [-0.39, 0.29) is 11.9 Å². The van der Waals surface area contributed by atoms with Crippen molar-refractivity contribution in [3.05, 3.63) is 68.4 Å². The van der Waals surface area contributed by atoms with Crippen molar-refractivity contribution in [2.45, 2.75) is 19.4 Å².